The molecule has 1 saturated carbocycles. The fraction of sp³-hybridized carbons (Fsp3) is 0.450. The first-order chi connectivity index (χ1) is 12.7. The third-order valence-corrected chi connectivity index (χ3v) is 5.61. The fourth-order valence-electron chi connectivity index (χ4n) is 4.34. The van der Waals surface area contributed by atoms with E-state index < -0.39 is 6.04 Å². The maximum Gasteiger partial charge on any atom is 0.329 e. The number of esters is 1. The molecule has 3 heterocycles. The van der Waals surface area contributed by atoms with Crippen molar-refractivity contribution in [2.45, 2.75) is 44.7 Å². The van der Waals surface area contributed by atoms with Gasteiger partial charge in [0, 0.05) is 23.4 Å². The molecule has 1 N–H and O–H groups in total. The Kier molecular flexibility index (Phi) is 4.49. The average molecular weight is 353 g/mol. The highest BCUT2D eigenvalue weighted by Gasteiger charge is 2.48. The van der Waals surface area contributed by atoms with Crippen molar-refractivity contribution >= 4 is 11.9 Å². The molecule has 1 atom stereocenters. The second kappa shape index (κ2) is 6.94. The van der Waals surface area contributed by atoms with Gasteiger partial charge >= 0.3 is 5.97 Å². The lowest BCUT2D eigenvalue weighted by Crippen LogP contribution is -2.60. The summed E-state index contributed by atoms with van der Waals surface area (Å²) in [6.45, 7) is 2.15. The standard InChI is InChI=1S/C20H23N3O3/c1-2-26-20(25)18-14-7-9-17(10-8-14)23(18)19(24)15-5-3-13(4-6-15)16-11-21-22-12-16/h3-6,11-12,14,17-18H,2,7-10H2,1H3,(H,21,22)/t14?,17?,18-/m0/s1. The Bertz CT molecular complexity index is 777. The Morgan fingerprint density at radius 3 is 2.50 bits per heavy atom. The summed E-state index contributed by atoms with van der Waals surface area (Å²) >= 11 is 0. The number of hydrogen-bond acceptors (Lipinski definition) is 4. The molecule has 5 rings (SSSR count). The second-order valence-electron chi connectivity index (χ2n) is 7.04. The van der Waals surface area contributed by atoms with Gasteiger partial charge in [-0.15, -0.1) is 0 Å². The number of aromatic amines is 1. The minimum Gasteiger partial charge on any atom is -0.464 e. The van der Waals surface area contributed by atoms with Gasteiger partial charge in [0.1, 0.15) is 6.04 Å². The lowest BCUT2D eigenvalue weighted by atomic mass is 9.74. The predicted molar refractivity (Wildman–Crippen MR) is 96.4 cm³/mol. The van der Waals surface area contributed by atoms with Crippen molar-refractivity contribution in [3.8, 4) is 11.1 Å². The van der Waals surface area contributed by atoms with E-state index in [1.807, 2.05) is 30.5 Å². The van der Waals surface area contributed by atoms with Crippen molar-refractivity contribution in [2.24, 2.45) is 5.92 Å². The van der Waals surface area contributed by atoms with Gasteiger partial charge < -0.3 is 9.64 Å². The Morgan fingerprint density at radius 1 is 1.15 bits per heavy atom. The lowest BCUT2D eigenvalue weighted by molar-refractivity contribution is -0.156. The van der Waals surface area contributed by atoms with Crippen LogP contribution in [0.1, 0.15) is 43.0 Å². The van der Waals surface area contributed by atoms with Crippen LogP contribution < -0.4 is 0 Å². The van der Waals surface area contributed by atoms with Gasteiger partial charge in [-0.1, -0.05) is 12.1 Å². The van der Waals surface area contributed by atoms with Crippen LogP contribution in [0.15, 0.2) is 36.7 Å². The van der Waals surface area contributed by atoms with Gasteiger partial charge in [0.15, 0.2) is 0 Å². The van der Waals surface area contributed by atoms with Crippen LogP contribution in [0.5, 0.6) is 0 Å². The summed E-state index contributed by atoms with van der Waals surface area (Å²) < 4.78 is 5.28. The molecule has 1 aromatic heterocycles. The van der Waals surface area contributed by atoms with Gasteiger partial charge in [-0.3, -0.25) is 9.89 Å². The normalized spacial score (nSPS) is 24.5. The third kappa shape index (κ3) is 2.89. The van der Waals surface area contributed by atoms with Crippen LogP contribution in [0.3, 0.4) is 0 Å². The van der Waals surface area contributed by atoms with Crippen molar-refractivity contribution in [3.05, 3.63) is 42.2 Å². The molecule has 1 aliphatic carbocycles. The number of fused-ring (bicyclic) bond motifs is 3. The number of rotatable bonds is 4. The number of H-pyrrole nitrogens is 1. The molecule has 3 aliphatic rings. The van der Waals surface area contributed by atoms with Gasteiger partial charge in [0.25, 0.3) is 5.91 Å². The molecular formula is C20H23N3O3. The van der Waals surface area contributed by atoms with E-state index in [0.717, 1.165) is 36.8 Å². The number of aromatic nitrogens is 2. The minimum atomic E-state index is -0.441. The molecule has 0 radical (unpaired) electrons. The minimum absolute atomic E-state index is 0.0730. The Morgan fingerprint density at radius 2 is 1.88 bits per heavy atom. The van der Waals surface area contributed by atoms with E-state index in [1.165, 1.54) is 0 Å². The molecule has 2 saturated heterocycles. The first kappa shape index (κ1) is 16.8. The maximum atomic E-state index is 13.2. The first-order valence-electron chi connectivity index (χ1n) is 9.27. The maximum absolute atomic E-state index is 13.2. The number of nitrogens with one attached hydrogen (secondary N) is 1. The van der Waals surface area contributed by atoms with Crippen molar-refractivity contribution < 1.29 is 14.3 Å². The van der Waals surface area contributed by atoms with E-state index in [4.69, 9.17) is 4.74 Å². The number of benzene rings is 1. The van der Waals surface area contributed by atoms with Crippen LogP contribution in [0, 0.1) is 5.92 Å². The third-order valence-electron chi connectivity index (χ3n) is 5.61. The van der Waals surface area contributed by atoms with Crippen molar-refractivity contribution in [2.75, 3.05) is 6.61 Å². The number of hydrogen-bond donors (Lipinski definition) is 1. The topological polar surface area (TPSA) is 75.3 Å². The average Bonchev–Trinajstić information content (AvgIpc) is 3.23. The second-order valence-corrected chi connectivity index (χ2v) is 7.04. The number of amides is 1. The monoisotopic (exact) mass is 353 g/mol. The predicted octanol–water partition coefficient (Wildman–Crippen LogP) is 3.02. The summed E-state index contributed by atoms with van der Waals surface area (Å²) in [5.41, 5.74) is 2.59. The smallest absolute Gasteiger partial charge is 0.329 e. The van der Waals surface area contributed by atoms with Gasteiger partial charge in [0.2, 0.25) is 0 Å². The summed E-state index contributed by atoms with van der Waals surface area (Å²) in [6.07, 6.45) is 7.50. The van der Waals surface area contributed by atoms with Crippen LogP contribution in [0.4, 0.5) is 0 Å². The molecule has 0 unspecified atom stereocenters. The van der Waals surface area contributed by atoms with Gasteiger partial charge in [-0.05, 0) is 56.2 Å². The Hall–Kier alpha value is -2.63. The Balaban J connectivity index is 1.60. The van der Waals surface area contributed by atoms with E-state index in [0.29, 0.717) is 12.2 Å². The highest BCUT2D eigenvalue weighted by Crippen LogP contribution is 2.41. The van der Waals surface area contributed by atoms with Crippen LogP contribution in [0.25, 0.3) is 11.1 Å². The molecule has 26 heavy (non-hydrogen) atoms. The van der Waals surface area contributed by atoms with Gasteiger partial charge in [-0.25, -0.2) is 4.79 Å². The number of carbonyl (C=O) groups is 2. The lowest BCUT2D eigenvalue weighted by Gasteiger charge is -2.50. The van der Waals surface area contributed by atoms with Gasteiger partial charge in [-0.2, -0.15) is 5.10 Å². The molecule has 2 bridgehead atoms. The number of piperidine rings is 2. The summed E-state index contributed by atoms with van der Waals surface area (Å²) in [6, 6.07) is 7.18. The molecule has 3 fully saturated rings. The van der Waals surface area contributed by atoms with E-state index >= 15 is 0 Å². The number of carbonyl (C=O) groups excluding carboxylic acids is 2. The molecule has 6 heteroatoms. The zero-order valence-corrected chi connectivity index (χ0v) is 14.9. The molecule has 1 aromatic carbocycles. The van der Waals surface area contributed by atoms with Crippen LogP contribution in [-0.2, 0) is 9.53 Å². The molecule has 6 nitrogen and oxygen atoms in total. The van der Waals surface area contributed by atoms with E-state index in [-0.39, 0.29) is 23.8 Å². The summed E-state index contributed by atoms with van der Waals surface area (Å²) in [5, 5.41) is 6.74. The molecule has 0 spiro atoms. The SMILES string of the molecule is CCOC(=O)[C@@H]1C2CCC(CC2)N1C(=O)c1ccc(-c2cn[nH]c2)cc1. The number of nitrogens with zero attached hydrogens (tertiary/aromatic N) is 2. The van der Waals surface area contributed by atoms with Crippen molar-refractivity contribution in [1.82, 2.24) is 15.1 Å². The molecular weight excluding hydrogens is 330 g/mol. The Labute approximate surface area is 152 Å². The van der Waals surface area contributed by atoms with Gasteiger partial charge in [0.05, 0.1) is 12.8 Å². The zero-order valence-electron chi connectivity index (χ0n) is 14.9. The van der Waals surface area contributed by atoms with E-state index in [2.05, 4.69) is 10.2 Å². The summed E-state index contributed by atoms with van der Waals surface area (Å²) in [4.78, 5) is 27.5. The molecule has 1 amide bonds. The van der Waals surface area contributed by atoms with Crippen LogP contribution in [0.2, 0.25) is 0 Å². The number of ether oxygens (including phenoxy) is 1. The highest BCUT2D eigenvalue weighted by atomic mass is 16.5. The molecule has 2 aromatic rings. The molecule has 2 aliphatic heterocycles. The van der Waals surface area contributed by atoms with Crippen LogP contribution in [-0.4, -0.2) is 45.7 Å². The molecule has 136 valence electrons. The van der Waals surface area contributed by atoms with Crippen molar-refractivity contribution in [1.29, 1.82) is 0 Å². The van der Waals surface area contributed by atoms with E-state index in [9.17, 15) is 9.59 Å². The largest absolute Gasteiger partial charge is 0.464 e. The highest BCUT2D eigenvalue weighted by molar-refractivity contribution is 5.97. The first-order valence-corrected chi connectivity index (χ1v) is 9.27. The van der Waals surface area contributed by atoms with E-state index in [1.54, 1.807) is 18.0 Å². The van der Waals surface area contributed by atoms with Crippen LogP contribution >= 0.6 is 0 Å². The summed E-state index contributed by atoms with van der Waals surface area (Å²) in [5.74, 6) is -0.116. The van der Waals surface area contributed by atoms with Crippen molar-refractivity contribution in [3.63, 3.8) is 0 Å². The zero-order chi connectivity index (χ0) is 18.1. The summed E-state index contributed by atoms with van der Waals surface area (Å²) in [7, 11) is 0. The quantitative estimate of drug-likeness (QED) is 0.858. The fourth-order valence-corrected chi connectivity index (χ4v) is 4.34.